The number of carbonyl (C=O) groups is 2. The van der Waals surface area contributed by atoms with Crippen LogP contribution in [-0.2, 0) is 10.0 Å². The molecule has 1 aliphatic rings. The van der Waals surface area contributed by atoms with Gasteiger partial charge in [-0.2, -0.15) is 4.31 Å². The Balaban J connectivity index is 1.43. The monoisotopic (exact) mass is 476 g/mol. The number of anilines is 1. The third-order valence-corrected chi connectivity index (χ3v) is 8.12. The van der Waals surface area contributed by atoms with Crippen molar-refractivity contribution in [3.8, 4) is 0 Å². The molecule has 176 valence electrons. The van der Waals surface area contributed by atoms with Gasteiger partial charge < -0.3 is 5.32 Å². The highest BCUT2D eigenvalue weighted by Gasteiger charge is 2.28. The average Bonchev–Trinajstić information content (AvgIpc) is 2.88. The molecule has 1 saturated heterocycles. The number of piperidine rings is 1. The summed E-state index contributed by atoms with van der Waals surface area (Å²) in [5, 5.41) is 3.07. The first kappa shape index (κ1) is 23.9. The molecule has 0 radical (unpaired) electrons. The van der Waals surface area contributed by atoms with Gasteiger partial charge in [-0.1, -0.05) is 49.4 Å². The van der Waals surface area contributed by atoms with Crippen molar-refractivity contribution in [3.05, 3.63) is 95.6 Å². The van der Waals surface area contributed by atoms with E-state index in [1.54, 1.807) is 48.5 Å². The van der Waals surface area contributed by atoms with E-state index in [1.165, 1.54) is 16.4 Å². The fourth-order valence-corrected chi connectivity index (χ4v) is 5.51. The lowest BCUT2D eigenvalue weighted by Crippen LogP contribution is -2.37. The number of carbonyl (C=O) groups excluding carboxylic acids is 2. The van der Waals surface area contributed by atoms with E-state index in [0.29, 0.717) is 41.4 Å². The van der Waals surface area contributed by atoms with Crippen LogP contribution < -0.4 is 5.32 Å². The third kappa shape index (κ3) is 5.26. The van der Waals surface area contributed by atoms with Crippen molar-refractivity contribution in [1.29, 1.82) is 0 Å². The Morgan fingerprint density at radius 3 is 2.15 bits per heavy atom. The lowest BCUT2D eigenvalue weighted by molar-refractivity contribution is 0.100. The van der Waals surface area contributed by atoms with Crippen LogP contribution in [0.3, 0.4) is 0 Å². The maximum absolute atomic E-state index is 12.9. The van der Waals surface area contributed by atoms with Crippen LogP contribution >= 0.6 is 0 Å². The van der Waals surface area contributed by atoms with Gasteiger partial charge in [0.25, 0.3) is 0 Å². The second kappa shape index (κ2) is 10.3. The number of Topliss-reactive ketones (excluding diaryl/α,β-unsaturated/α-hetero) is 1. The summed E-state index contributed by atoms with van der Waals surface area (Å²) >= 11 is 0. The zero-order valence-corrected chi connectivity index (χ0v) is 19.9. The van der Waals surface area contributed by atoms with Crippen molar-refractivity contribution in [2.24, 2.45) is 5.92 Å². The molecule has 0 aromatic heterocycles. The molecule has 0 aliphatic carbocycles. The summed E-state index contributed by atoms with van der Waals surface area (Å²) in [6.45, 7) is 3.16. The molecule has 1 aliphatic heterocycles. The molecule has 34 heavy (non-hydrogen) atoms. The molecule has 0 bridgehead atoms. The minimum Gasteiger partial charge on any atom is -0.377 e. The number of nitrogens with one attached hydrogen (secondary N) is 1. The minimum atomic E-state index is -3.56. The van der Waals surface area contributed by atoms with Crippen LogP contribution in [0.4, 0.5) is 5.69 Å². The van der Waals surface area contributed by atoms with Crippen LogP contribution in [0.5, 0.6) is 0 Å². The molecule has 1 N–H and O–H groups in total. The number of hydrogen-bond acceptors (Lipinski definition) is 5. The topological polar surface area (TPSA) is 83.6 Å². The van der Waals surface area contributed by atoms with Gasteiger partial charge in [-0.05, 0) is 55.2 Å². The largest absolute Gasteiger partial charge is 0.377 e. The second-order valence-electron chi connectivity index (χ2n) is 8.63. The molecule has 7 heteroatoms. The fourth-order valence-electron chi connectivity index (χ4n) is 4.04. The van der Waals surface area contributed by atoms with Crippen molar-refractivity contribution >= 4 is 27.3 Å². The number of sulfonamides is 1. The zero-order valence-electron chi connectivity index (χ0n) is 19.1. The van der Waals surface area contributed by atoms with Gasteiger partial charge in [0.05, 0.1) is 11.4 Å². The quantitative estimate of drug-likeness (QED) is 0.479. The Morgan fingerprint density at radius 1 is 0.853 bits per heavy atom. The van der Waals surface area contributed by atoms with E-state index in [1.807, 2.05) is 18.2 Å². The number of rotatable bonds is 8. The second-order valence-corrected chi connectivity index (χ2v) is 10.6. The molecule has 3 aromatic carbocycles. The molecule has 6 nitrogen and oxygen atoms in total. The number of nitrogens with zero attached hydrogens (tertiary/aromatic N) is 1. The van der Waals surface area contributed by atoms with Gasteiger partial charge >= 0.3 is 0 Å². The van der Waals surface area contributed by atoms with Gasteiger partial charge in [-0.15, -0.1) is 0 Å². The maximum Gasteiger partial charge on any atom is 0.243 e. The standard InChI is InChI=1S/C27H28N2O4S/c1-20-15-17-29(18-16-20)34(32,33)23-13-11-21(12-14-23)26(30)19-28-25-10-6-5-9-24(25)27(31)22-7-3-2-4-8-22/h2-14,20,28H,15-19H2,1H3. The van der Waals surface area contributed by atoms with Crippen LogP contribution in [0, 0.1) is 5.92 Å². The Hall–Kier alpha value is -3.29. The molecule has 0 saturated carbocycles. The first-order valence-electron chi connectivity index (χ1n) is 11.4. The highest BCUT2D eigenvalue weighted by Crippen LogP contribution is 2.24. The zero-order chi connectivity index (χ0) is 24.1. The Bertz CT molecular complexity index is 1260. The summed E-state index contributed by atoms with van der Waals surface area (Å²) in [6.07, 6.45) is 1.71. The van der Waals surface area contributed by atoms with Gasteiger partial charge in [0.2, 0.25) is 10.0 Å². The Kier molecular flexibility index (Phi) is 7.24. The predicted octanol–water partition coefficient (Wildman–Crippen LogP) is 4.63. The van der Waals surface area contributed by atoms with E-state index < -0.39 is 10.0 Å². The lowest BCUT2D eigenvalue weighted by Gasteiger charge is -2.29. The molecule has 1 fully saturated rings. The SMILES string of the molecule is CC1CCN(S(=O)(=O)c2ccc(C(=O)CNc3ccccc3C(=O)c3ccccc3)cc2)CC1. The number of benzene rings is 3. The summed E-state index contributed by atoms with van der Waals surface area (Å²) in [5.41, 5.74) is 2.04. The molecule has 0 amide bonds. The van der Waals surface area contributed by atoms with Gasteiger partial charge in [-0.3, -0.25) is 9.59 Å². The van der Waals surface area contributed by atoms with Gasteiger partial charge in [0.15, 0.2) is 11.6 Å². The summed E-state index contributed by atoms with van der Waals surface area (Å²) in [4.78, 5) is 25.8. The molecular formula is C27H28N2O4S. The lowest BCUT2D eigenvalue weighted by atomic mass is 10.0. The molecule has 0 atom stereocenters. The summed E-state index contributed by atoms with van der Waals surface area (Å²) in [6, 6.07) is 22.1. The molecule has 3 aromatic rings. The first-order chi connectivity index (χ1) is 16.4. The van der Waals surface area contributed by atoms with E-state index in [4.69, 9.17) is 0 Å². The van der Waals surface area contributed by atoms with Crippen molar-refractivity contribution in [2.45, 2.75) is 24.7 Å². The van der Waals surface area contributed by atoms with E-state index in [0.717, 1.165) is 12.8 Å². The van der Waals surface area contributed by atoms with E-state index >= 15 is 0 Å². The van der Waals surface area contributed by atoms with Gasteiger partial charge in [0, 0.05) is 35.5 Å². The number of hydrogen-bond donors (Lipinski definition) is 1. The highest BCUT2D eigenvalue weighted by molar-refractivity contribution is 7.89. The van der Waals surface area contributed by atoms with Crippen molar-refractivity contribution in [2.75, 3.05) is 25.0 Å². The van der Waals surface area contributed by atoms with Crippen LogP contribution in [0.2, 0.25) is 0 Å². The van der Waals surface area contributed by atoms with Crippen molar-refractivity contribution in [3.63, 3.8) is 0 Å². The Labute approximate surface area is 200 Å². The molecular weight excluding hydrogens is 448 g/mol. The van der Waals surface area contributed by atoms with Crippen LogP contribution in [-0.4, -0.2) is 43.9 Å². The molecule has 4 rings (SSSR count). The molecule has 0 spiro atoms. The highest BCUT2D eigenvalue weighted by atomic mass is 32.2. The number of ketones is 2. The van der Waals surface area contributed by atoms with Crippen molar-refractivity contribution < 1.29 is 18.0 Å². The molecule has 0 unspecified atom stereocenters. The van der Waals surface area contributed by atoms with E-state index in [-0.39, 0.29) is 23.0 Å². The normalized spacial score (nSPS) is 15.1. The van der Waals surface area contributed by atoms with Crippen LogP contribution in [0.1, 0.15) is 46.0 Å². The van der Waals surface area contributed by atoms with E-state index in [2.05, 4.69) is 12.2 Å². The minimum absolute atomic E-state index is 0.0187. The van der Waals surface area contributed by atoms with Crippen molar-refractivity contribution in [1.82, 2.24) is 4.31 Å². The van der Waals surface area contributed by atoms with Gasteiger partial charge in [-0.25, -0.2) is 8.42 Å². The smallest absolute Gasteiger partial charge is 0.243 e. The van der Waals surface area contributed by atoms with Crippen LogP contribution in [0.15, 0.2) is 83.8 Å². The van der Waals surface area contributed by atoms with E-state index in [9.17, 15) is 18.0 Å². The summed E-state index contributed by atoms with van der Waals surface area (Å²) < 4.78 is 27.3. The first-order valence-corrected chi connectivity index (χ1v) is 12.9. The fraction of sp³-hybridized carbons (Fsp3) is 0.259. The summed E-state index contributed by atoms with van der Waals surface area (Å²) in [7, 11) is -3.56. The Morgan fingerprint density at radius 2 is 1.47 bits per heavy atom. The maximum atomic E-state index is 12.9. The summed E-state index contributed by atoms with van der Waals surface area (Å²) in [5.74, 6) is 0.211. The van der Waals surface area contributed by atoms with Crippen LogP contribution in [0.25, 0.3) is 0 Å². The molecule has 1 heterocycles. The average molecular weight is 477 g/mol. The third-order valence-electron chi connectivity index (χ3n) is 6.20. The number of para-hydroxylation sites is 1. The van der Waals surface area contributed by atoms with Gasteiger partial charge in [0.1, 0.15) is 0 Å². The predicted molar refractivity (Wildman–Crippen MR) is 133 cm³/mol.